The molecule has 0 saturated heterocycles. The molecule has 0 radical (unpaired) electrons. The highest BCUT2D eigenvalue weighted by atomic mass is 19.3. The van der Waals surface area contributed by atoms with Crippen molar-refractivity contribution in [2.24, 2.45) is 0 Å². The number of benzene rings is 1. The van der Waals surface area contributed by atoms with Gasteiger partial charge in [0.15, 0.2) is 0 Å². The van der Waals surface area contributed by atoms with E-state index < -0.39 is 12.5 Å². The molecule has 78 valence electrons. The molecule has 0 fully saturated rings. The zero-order valence-electron chi connectivity index (χ0n) is 8.14. The lowest BCUT2D eigenvalue weighted by Gasteiger charge is -2.18. The second-order valence-corrected chi connectivity index (χ2v) is 3.23. The smallest absolute Gasteiger partial charge is 0.285 e. The Morgan fingerprint density at radius 2 is 2.07 bits per heavy atom. The maximum atomic E-state index is 13.4. The quantitative estimate of drug-likeness (QED) is 0.784. The van der Waals surface area contributed by atoms with Gasteiger partial charge in [-0.1, -0.05) is 0 Å². The predicted octanol–water partition coefficient (Wildman–Crippen LogP) is 2.01. The Labute approximate surface area is 81.6 Å². The molecular weight excluding hydrogens is 188 g/mol. The van der Waals surface area contributed by atoms with Gasteiger partial charge in [0.2, 0.25) is 0 Å². The molecule has 2 N–H and O–H groups in total. The number of aromatic hydroxyl groups is 1. The van der Waals surface area contributed by atoms with Crippen LogP contribution in [0.3, 0.4) is 0 Å². The SMILES string of the molecule is CNCC(F)(F)c1ccc(O)cc1C. The molecule has 0 aliphatic heterocycles. The van der Waals surface area contributed by atoms with Gasteiger partial charge in [-0.2, -0.15) is 8.78 Å². The minimum Gasteiger partial charge on any atom is -0.508 e. The Morgan fingerprint density at radius 3 is 2.57 bits per heavy atom. The predicted molar refractivity (Wildman–Crippen MR) is 50.7 cm³/mol. The van der Waals surface area contributed by atoms with E-state index in [1.165, 1.54) is 25.2 Å². The minimum absolute atomic E-state index is 0.00603. The van der Waals surface area contributed by atoms with E-state index in [2.05, 4.69) is 5.32 Å². The fourth-order valence-corrected chi connectivity index (χ4v) is 1.38. The number of phenols is 1. The van der Waals surface area contributed by atoms with Crippen molar-refractivity contribution >= 4 is 0 Å². The first kappa shape index (κ1) is 10.9. The lowest BCUT2D eigenvalue weighted by molar-refractivity contribution is -0.00188. The third-order valence-corrected chi connectivity index (χ3v) is 2.00. The Balaban J connectivity index is 3.06. The average Bonchev–Trinajstić information content (AvgIpc) is 2.02. The summed E-state index contributed by atoms with van der Waals surface area (Å²) in [5.41, 5.74) is 0.343. The van der Waals surface area contributed by atoms with Gasteiger partial charge in [0, 0.05) is 5.56 Å². The topological polar surface area (TPSA) is 32.3 Å². The van der Waals surface area contributed by atoms with Crippen molar-refractivity contribution in [2.75, 3.05) is 13.6 Å². The van der Waals surface area contributed by atoms with Crippen molar-refractivity contribution in [2.45, 2.75) is 12.8 Å². The highest BCUT2D eigenvalue weighted by Gasteiger charge is 2.31. The lowest BCUT2D eigenvalue weighted by atomic mass is 10.0. The van der Waals surface area contributed by atoms with E-state index in [1.54, 1.807) is 6.92 Å². The molecule has 0 aliphatic rings. The van der Waals surface area contributed by atoms with E-state index in [-0.39, 0.29) is 11.3 Å². The number of hydrogen-bond donors (Lipinski definition) is 2. The number of alkyl halides is 2. The minimum atomic E-state index is -2.90. The summed E-state index contributed by atoms with van der Waals surface area (Å²) in [5.74, 6) is -2.89. The van der Waals surface area contributed by atoms with Crippen LogP contribution in [0, 0.1) is 6.92 Å². The van der Waals surface area contributed by atoms with E-state index in [1.807, 2.05) is 0 Å². The number of phenolic OH excluding ortho intramolecular Hbond substituents is 1. The molecule has 0 saturated carbocycles. The standard InChI is InChI=1S/C10H13F2NO/c1-7-5-8(14)3-4-9(7)10(11,12)6-13-2/h3-5,13-14H,6H2,1-2H3. The number of hydrogen-bond acceptors (Lipinski definition) is 2. The van der Waals surface area contributed by atoms with Crippen molar-refractivity contribution in [1.29, 1.82) is 0 Å². The molecule has 1 aromatic rings. The summed E-state index contributed by atoms with van der Waals surface area (Å²) in [4.78, 5) is 0. The van der Waals surface area contributed by atoms with Crippen molar-refractivity contribution < 1.29 is 13.9 Å². The van der Waals surface area contributed by atoms with Crippen molar-refractivity contribution in [3.63, 3.8) is 0 Å². The van der Waals surface area contributed by atoms with Crippen LogP contribution in [0.2, 0.25) is 0 Å². The average molecular weight is 201 g/mol. The second-order valence-electron chi connectivity index (χ2n) is 3.23. The summed E-state index contributed by atoms with van der Waals surface area (Å²) < 4.78 is 26.8. The molecule has 0 amide bonds. The van der Waals surface area contributed by atoms with Gasteiger partial charge in [0.1, 0.15) is 5.75 Å². The van der Waals surface area contributed by atoms with Crippen LogP contribution in [0.1, 0.15) is 11.1 Å². The second kappa shape index (κ2) is 3.92. The molecule has 2 nitrogen and oxygen atoms in total. The van der Waals surface area contributed by atoms with Crippen LogP contribution in [-0.2, 0) is 5.92 Å². The number of halogens is 2. The van der Waals surface area contributed by atoms with Crippen molar-refractivity contribution in [3.05, 3.63) is 29.3 Å². The zero-order valence-corrected chi connectivity index (χ0v) is 8.14. The highest BCUT2D eigenvalue weighted by molar-refractivity contribution is 5.36. The van der Waals surface area contributed by atoms with Gasteiger partial charge in [-0.25, -0.2) is 0 Å². The van der Waals surface area contributed by atoms with Gasteiger partial charge in [0.25, 0.3) is 5.92 Å². The maximum absolute atomic E-state index is 13.4. The van der Waals surface area contributed by atoms with Gasteiger partial charge in [-0.05, 0) is 37.7 Å². The van der Waals surface area contributed by atoms with Gasteiger partial charge in [-0.3, -0.25) is 0 Å². The van der Waals surface area contributed by atoms with Crippen LogP contribution in [0.5, 0.6) is 5.75 Å². The van der Waals surface area contributed by atoms with Crippen molar-refractivity contribution in [1.82, 2.24) is 5.32 Å². The van der Waals surface area contributed by atoms with Crippen LogP contribution in [0.4, 0.5) is 8.78 Å². The lowest BCUT2D eigenvalue weighted by Crippen LogP contribution is -2.28. The monoisotopic (exact) mass is 201 g/mol. The van der Waals surface area contributed by atoms with Crippen LogP contribution >= 0.6 is 0 Å². The Hall–Kier alpha value is -1.16. The van der Waals surface area contributed by atoms with E-state index in [9.17, 15) is 8.78 Å². The molecule has 4 heteroatoms. The molecule has 0 aromatic heterocycles. The first-order valence-corrected chi connectivity index (χ1v) is 4.30. The number of likely N-dealkylation sites (N-methyl/N-ethyl adjacent to an activating group) is 1. The summed E-state index contributed by atoms with van der Waals surface area (Å²) in [6.45, 7) is 1.15. The van der Waals surface area contributed by atoms with Crippen LogP contribution in [0.25, 0.3) is 0 Å². The van der Waals surface area contributed by atoms with E-state index >= 15 is 0 Å². The van der Waals surface area contributed by atoms with Gasteiger partial charge in [-0.15, -0.1) is 0 Å². The first-order chi connectivity index (χ1) is 6.47. The largest absolute Gasteiger partial charge is 0.508 e. The maximum Gasteiger partial charge on any atom is 0.285 e. The third-order valence-electron chi connectivity index (χ3n) is 2.00. The molecule has 1 aromatic carbocycles. The highest BCUT2D eigenvalue weighted by Crippen LogP contribution is 2.31. The molecular formula is C10H13F2NO. The molecule has 1 rings (SSSR count). The summed E-state index contributed by atoms with van der Waals surface area (Å²) >= 11 is 0. The van der Waals surface area contributed by atoms with E-state index in [0.717, 1.165) is 0 Å². The molecule has 0 spiro atoms. The zero-order chi connectivity index (χ0) is 10.8. The van der Waals surface area contributed by atoms with Crippen molar-refractivity contribution in [3.8, 4) is 5.75 Å². The van der Waals surface area contributed by atoms with Gasteiger partial charge < -0.3 is 10.4 Å². The molecule has 0 heterocycles. The normalized spacial score (nSPS) is 11.7. The number of nitrogens with one attached hydrogen (secondary N) is 1. The molecule has 0 bridgehead atoms. The third kappa shape index (κ3) is 2.20. The summed E-state index contributed by atoms with van der Waals surface area (Å²) in [6.07, 6.45) is 0. The Bertz CT molecular complexity index is 326. The molecule has 0 unspecified atom stereocenters. The Morgan fingerprint density at radius 1 is 1.43 bits per heavy atom. The van der Waals surface area contributed by atoms with Crippen LogP contribution < -0.4 is 5.32 Å². The summed E-state index contributed by atoms with van der Waals surface area (Å²) in [7, 11) is 1.48. The summed E-state index contributed by atoms with van der Waals surface area (Å²) in [5, 5.41) is 11.5. The fraction of sp³-hybridized carbons (Fsp3) is 0.400. The van der Waals surface area contributed by atoms with E-state index in [4.69, 9.17) is 5.11 Å². The number of rotatable bonds is 3. The molecule has 0 atom stereocenters. The van der Waals surface area contributed by atoms with E-state index in [0.29, 0.717) is 5.56 Å². The summed E-state index contributed by atoms with van der Waals surface area (Å²) in [6, 6.07) is 3.85. The first-order valence-electron chi connectivity index (χ1n) is 4.30. The molecule has 14 heavy (non-hydrogen) atoms. The Kier molecular flexibility index (Phi) is 3.06. The van der Waals surface area contributed by atoms with Crippen LogP contribution in [0.15, 0.2) is 18.2 Å². The number of aryl methyl sites for hydroxylation is 1. The fourth-order valence-electron chi connectivity index (χ4n) is 1.38. The van der Waals surface area contributed by atoms with Crippen LogP contribution in [-0.4, -0.2) is 18.7 Å². The van der Waals surface area contributed by atoms with Gasteiger partial charge >= 0.3 is 0 Å². The molecule has 0 aliphatic carbocycles. The van der Waals surface area contributed by atoms with Gasteiger partial charge in [0.05, 0.1) is 6.54 Å².